The fraction of sp³-hybridized carbons (Fsp3) is 0.826. The minimum atomic E-state index is -4.15. The summed E-state index contributed by atoms with van der Waals surface area (Å²) in [6.07, 6.45) is 2.33. The van der Waals surface area contributed by atoms with Crippen LogP contribution in [0.4, 0.5) is 0 Å². The first-order valence-corrected chi connectivity index (χ1v) is 16.3. The van der Waals surface area contributed by atoms with Crippen LogP contribution in [0.5, 0.6) is 0 Å². The van der Waals surface area contributed by atoms with Crippen molar-refractivity contribution in [3.63, 3.8) is 0 Å². The normalized spacial score (nSPS) is 16.8. The van der Waals surface area contributed by atoms with E-state index in [2.05, 4.69) is 33.2 Å². The lowest BCUT2D eigenvalue weighted by atomic mass is 10.3. The molecule has 0 spiro atoms. The summed E-state index contributed by atoms with van der Waals surface area (Å²) in [5, 5.41) is 25.7. The molecule has 0 aromatic carbocycles. The van der Waals surface area contributed by atoms with E-state index in [0.717, 1.165) is 0 Å². The summed E-state index contributed by atoms with van der Waals surface area (Å²) in [5.74, 6) is 0. The number of nitrogens with zero attached hydrogens (tertiary/aromatic N) is 6. The van der Waals surface area contributed by atoms with Crippen molar-refractivity contribution >= 4 is 15.6 Å². The van der Waals surface area contributed by atoms with Crippen LogP contribution in [0.1, 0.15) is 33.1 Å². The molecule has 0 radical (unpaired) electrons. The number of hydrogen-bond donors (Lipinski definition) is 2. The second kappa shape index (κ2) is 25.5. The molecule has 0 heterocycles. The zero-order valence-electron chi connectivity index (χ0n) is 24.6. The average molecular weight is 659 g/mol. The predicted molar refractivity (Wildman–Crippen MR) is 156 cm³/mol. The molecule has 0 rings (SSSR count). The van der Waals surface area contributed by atoms with E-state index >= 15 is 0 Å². The highest BCUT2D eigenvalue weighted by molar-refractivity contribution is 7.48. The first-order chi connectivity index (χ1) is 20.5. The van der Waals surface area contributed by atoms with Gasteiger partial charge in [-0.25, -0.2) is 9.13 Å². The SMILES string of the molecule is C=CCOP(=O)(OCCCOP(=O)(OCC=C)OCC(COCCC(C)O)N=[N+]=[N-])OCC(COCCC(C)O)N=[N+]=[N-]. The molecule has 0 aromatic heterocycles. The third-order valence-corrected chi connectivity index (χ3v) is 7.61. The summed E-state index contributed by atoms with van der Waals surface area (Å²) >= 11 is 0. The maximum atomic E-state index is 13.0. The molecule has 43 heavy (non-hydrogen) atoms. The predicted octanol–water partition coefficient (Wildman–Crippen LogP) is 5.00. The average Bonchev–Trinajstić information content (AvgIpc) is 2.96. The second-order valence-electron chi connectivity index (χ2n) is 8.82. The Morgan fingerprint density at radius 1 is 0.698 bits per heavy atom. The Labute approximate surface area is 251 Å². The summed E-state index contributed by atoms with van der Waals surface area (Å²) < 4.78 is 68.4. The van der Waals surface area contributed by atoms with Crippen LogP contribution in [0.3, 0.4) is 0 Å². The number of phosphoric ester groups is 2. The highest BCUT2D eigenvalue weighted by Crippen LogP contribution is 2.51. The van der Waals surface area contributed by atoms with E-state index in [0.29, 0.717) is 12.8 Å². The van der Waals surface area contributed by atoms with Crippen LogP contribution in [0.2, 0.25) is 0 Å². The minimum absolute atomic E-state index is 0.0417. The van der Waals surface area contributed by atoms with Gasteiger partial charge in [0.15, 0.2) is 0 Å². The van der Waals surface area contributed by atoms with Crippen molar-refractivity contribution in [2.45, 2.75) is 57.4 Å². The summed E-state index contributed by atoms with van der Waals surface area (Å²) in [6, 6.07) is -1.70. The molecule has 0 saturated heterocycles. The van der Waals surface area contributed by atoms with Crippen molar-refractivity contribution in [1.29, 1.82) is 0 Å². The maximum absolute atomic E-state index is 13.0. The Kier molecular flexibility index (Phi) is 24.4. The van der Waals surface area contributed by atoms with Crippen LogP contribution >= 0.6 is 15.6 Å². The molecule has 0 aromatic rings. The van der Waals surface area contributed by atoms with E-state index in [4.69, 9.17) is 47.7 Å². The van der Waals surface area contributed by atoms with E-state index in [1.54, 1.807) is 13.8 Å². The molecule has 2 N–H and O–H groups in total. The number of ether oxygens (including phenoxy) is 2. The number of rotatable bonds is 30. The van der Waals surface area contributed by atoms with Gasteiger partial charge in [-0.3, -0.25) is 27.1 Å². The van der Waals surface area contributed by atoms with Crippen molar-refractivity contribution in [3.05, 3.63) is 46.2 Å². The molecule has 0 amide bonds. The van der Waals surface area contributed by atoms with Crippen LogP contribution < -0.4 is 0 Å². The quantitative estimate of drug-likeness (QED) is 0.0258. The van der Waals surface area contributed by atoms with E-state index in [1.807, 2.05) is 0 Å². The summed E-state index contributed by atoms with van der Waals surface area (Å²) in [5.41, 5.74) is 17.6. The standard InChI is InChI=1S/C23H44N6O12P2/c1-5-10-36-42(32,40-18-22(26-28-24)16-34-14-8-20(3)30)38-12-7-13-39-43(33,37-11-6-2)41-19-23(27-29-25)17-35-15-9-21(4)31/h5-6,20-23,30-31H,1-2,7-19H2,3-4H3. The zero-order chi connectivity index (χ0) is 32.4. The van der Waals surface area contributed by atoms with Gasteiger partial charge in [0.05, 0.1) is 77.1 Å². The first kappa shape index (κ1) is 41.2. The Morgan fingerprint density at radius 3 is 1.42 bits per heavy atom. The van der Waals surface area contributed by atoms with Crippen LogP contribution in [0, 0.1) is 0 Å². The third-order valence-electron chi connectivity index (χ3n) is 4.75. The van der Waals surface area contributed by atoms with Gasteiger partial charge in [-0.2, -0.15) is 0 Å². The fourth-order valence-corrected chi connectivity index (χ4v) is 5.04. The number of hydrogen-bond acceptors (Lipinski definition) is 14. The lowest BCUT2D eigenvalue weighted by Crippen LogP contribution is -2.21. The molecule has 20 heteroatoms. The van der Waals surface area contributed by atoms with E-state index in [9.17, 15) is 19.3 Å². The summed E-state index contributed by atoms with van der Waals surface area (Å²) in [4.78, 5) is 5.44. The number of phosphoric acid groups is 2. The van der Waals surface area contributed by atoms with Gasteiger partial charge in [0.2, 0.25) is 0 Å². The summed E-state index contributed by atoms with van der Waals surface area (Å²) in [7, 11) is -8.29. The molecule has 0 aliphatic heterocycles. The van der Waals surface area contributed by atoms with Gasteiger partial charge in [-0.05, 0) is 44.2 Å². The smallest absolute Gasteiger partial charge is 0.393 e. The Bertz CT molecular complexity index is 889. The van der Waals surface area contributed by atoms with Crippen molar-refractivity contribution < 1.29 is 56.0 Å². The lowest BCUT2D eigenvalue weighted by Gasteiger charge is -2.21. The molecular weight excluding hydrogens is 614 g/mol. The van der Waals surface area contributed by atoms with Crippen molar-refractivity contribution in [3.8, 4) is 0 Å². The van der Waals surface area contributed by atoms with Gasteiger partial charge in [-0.1, -0.05) is 22.4 Å². The van der Waals surface area contributed by atoms with E-state index in [1.165, 1.54) is 12.2 Å². The van der Waals surface area contributed by atoms with Crippen molar-refractivity contribution in [2.75, 3.05) is 66.1 Å². The topological polar surface area (TPSA) is 246 Å². The second-order valence-corrected chi connectivity index (χ2v) is 12.2. The van der Waals surface area contributed by atoms with Crippen LogP contribution in [-0.2, 0) is 45.7 Å². The number of aliphatic hydroxyl groups excluding tert-OH is 2. The van der Waals surface area contributed by atoms with Gasteiger partial charge in [-0.15, -0.1) is 13.2 Å². The fourth-order valence-electron chi connectivity index (χ4n) is 2.60. The molecule has 0 saturated carbocycles. The monoisotopic (exact) mass is 658 g/mol. The van der Waals surface area contributed by atoms with Gasteiger partial charge in [0.25, 0.3) is 0 Å². The van der Waals surface area contributed by atoms with E-state index in [-0.39, 0.29) is 72.5 Å². The third kappa shape index (κ3) is 23.2. The number of azide groups is 2. The molecule has 0 aliphatic rings. The van der Waals surface area contributed by atoms with Crippen LogP contribution in [0.15, 0.2) is 35.5 Å². The molecule has 0 bridgehead atoms. The van der Waals surface area contributed by atoms with Gasteiger partial charge in [0.1, 0.15) is 0 Å². The molecule has 0 aliphatic carbocycles. The molecule has 0 fully saturated rings. The minimum Gasteiger partial charge on any atom is -0.393 e. The first-order valence-electron chi connectivity index (χ1n) is 13.4. The molecule has 6 atom stereocenters. The highest BCUT2D eigenvalue weighted by Gasteiger charge is 2.30. The Hall–Kier alpha value is -1.84. The Morgan fingerprint density at radius 2 is 1.09 bits per heavy atom. The van der Waals surface area contributed by atoms with Gasteiger partial charge >= 0.3 is 15.6 Å². The summed E-state index contributed by atoms with van der Waals surface area (Å²) in [6.45, 7) is 9.00. The van der Waals surface area contributed by atoms with Crippen molar-refractivity contribution in [1.82, 2.24) is 0 Å². The van der Waals surface area contributed by atoms with Crippen LogP contribution in [-0.4, -0.2) is 101 Å². The van der Waals surface area contributed by atoms with Crippen molar-refractivity contribution in [2.24, 2.45) is 10.2 Å². The molecular formula is C23H44N6O12P2. The number of aliphatic hydroxyl groups is 2. The van der Waals surface area contributed by atoms with Gasteiger partial charge in [0, 0.05) is 23.0 Å². The Balaban J connectivity index is 4.95. The van der Waals surface area contributed by atoms with Gasteiger partial charge < -0.3 is 19.7 Å². The van der Waals surface area contributed by atoms with E-state index < -0.39 is 39.9 Å². The largest absolute Gasteiger partial charge is 0.475 e. The zero-order valence-corrected chi connectivity index (χ0v) is 26.4. The molecule has 248 valence electrons. The molecule has 6 unspecified atom stereocenters. The molecule has 18 nitrogen and oxygen atoms in total. The lowest BCUT2D eigenvalue weighted by molar-refractivity contribution is 0.0602. The van der Waals surface area contributed by atoms with Crippen LogP contribution in [0.25, 0.3) is 20.9 Å². The highest BCUT2D eigenvalue weighted by atomic mass is 31.2. The maximum Gasteiger partial charge on any atom is 0.475 e.